The lowest BCUT2D eigenvalue weighted by molar-refractivity contribution is -0.117. The van der Waals surface area contributed by atoms with E-state index >= 15 is 0 Å². The van der Waals surface area contributed by atoms with Crippen LogP contribution in [0.25, 0.3) is 0 Å². The zero-order chi connectivity index (χ0) is 7.98. The maximum Gasteiger partial charge on any atom is 0.151 e. The molecule has 0 aliphatic rings. The summed E-state index contributed by atoms with van der Waals surface area (Å²) in [6, 6.07) is 0. The fourth-order valence-electron chi connectivity index (χ4n) is 0.503. The number of hydrogen-bond donors (Lipinski definition) is 2. The van der Waals surface area contributed by atoms with Crippen LogP contribution in [-0.2, 0) is 4.79 Å². The minimum atomic E-state index is 0.128. The second-order valence-corrected chi connectivity index (χ2v) is 3.16. The van der Waals surface area contributed by atoms with Gasteiger partial charge in [0.15, 0.2) is 5.17 Å². The van der Waals surface area contributed by atoms with Gasteiger partial charge in [-0.3, -0.25) is 5.41 Å². The summed E-state index contributed by atoms with van der Waals surface area (Å²) in [7, 11) is 0. The third-order valence-corrected chi connectivity index (χ3v) is 1.73. The van der Waals surface area contributed by atoms with E-state index in [1.54, 1.807) is 6.92 Å². The summed E-state index contributed by atoms with van der Waals surface area (Å²) in [5, 5.41) is 6.96. The molecule has 0 aromatic rings. The molecule has 0 aromatic carbocycles. The normalized spacial score (nSPS) is 9.30. The predicted molar refractivity (Wildman–Crippen MR) is 44.3 cm³/mol. The Bertz CT molecular complexity index is 120. The lowest BCUT2D eigenvalue weighted by Gasteiger charge is -1.95. The molecule has 0 aliphatic carbocycles. The number of nitrogens with one attached hydrogen (secondary N) is 1. The Morgan fingerprint density at radius 3 is 2.70 bits per heavy atom. The van der Waals surface area contributed by atoms with Gasteiger partial charge in [0, 0.05) is 12.2 Å². The first-order chi connectivity index (χ1) is 4.63. The molecule has 4 heteroatoms. The summed E-state index contributed by atoms with van der Waals surface area (Å²) < 4.78 is 0. The number of carbonyl (C=O) groups excluding carboxylic acids is 1. The van der Waals surface area contributed by atoms with Crippen molar-refractivity contribution < 1.29 is 4.79 Å². The van der Waals surface area contributed by atoms with Crippen LogP contribution < -0.4 is 5.73 Å². The molecule has 3 nitrogen and oxygen atoms in total. The van der Waals surface area contributed by atoms with E-state index in [-0.39, 0.29) is 11.0 Å². The molecule has 0 spiro atoms. The minimum absolute atomic E-state index is 0.128. The second kappa shape index (κ2) is 5.29. The third kappa shape index (κ3) is 7.49. The Kier molecular flexibility index (Phi) is 5.02. The molecule has 0 rings (SSSR count). The molecule has 58 valence electrons. The first kappa shape index (κ1) is 9.49. The Morgan fingerprint density at radius 1 is 1.70 bits per heavy atom. The molecule has 0 bridgehead atoms. The van der Waals surface area contributed by atoms with Crippen molar-refractivity contribution in [1.82, 2.24) is 0 Å². The highest BCUT2D eigenvalue weighted by atomic mass is 32.2. The average molecular weight is 160 g/mol. The summed E-state index contributed by atoms with van der Waals surface area (Å²) >= 11 is 1.28. The predicted octanol–water partition coefficient (Wildman–Crippen LogP) is 0.982. The molecule has 0 radical (unpaired) electrons. The van der Waals surface area contributed by atoms with E-state index in [4.69, 9.17) is 11.1 Å². The number of Topliss-reactive ketones (excluding diaryl/α,β-unsaturated/α-hetero) is 1. The summed E-state index contributed by atoms with van der Waals surface area (Å²) in [6.07, 6.45) is 1.42. The van der Waals surface area contributed by atoms with Crippen LogP contribution in [0.1, 0.15) is 19.8 Å². The second-order valence-electron chi connectivity index (χ2n) is 2.02. The van der Waals surface area contributed by atoms with Gasteiger partial charge in [-0.15, -0.1) is 0 Å². The van der Waals surface area contributed by atoms with E-state index < -0.39 is 0 Å². The first-order valence-corrected chi connectivity index (χ1v) is 4.07. The van der Waals surface area contributed by atoms with Crippen LogP contribution in [0.4, 0.5) is 0 Å². The highest BCUT2D eigenvalue weighted by Gasteiger charge is 1.94. The number of hydrogen-bond acceptors (Lipinski definition) is 3. The van der Waals surface area contributed by atoms with Gasteiger partial charge in [-0.25, -0.2) is 0 Å². The van der Waals surface area contributed by atoms with E-state index in [2.05, 4.69) is 0 Å². The van der Waals surface area contributed by atoms with Crippen LogP contribution >= 0.6 is 11.8 Å². The fourth-order valence-corrected chi connectivity index (χ4v) is 1.01. The Hall–Kier alpha value is -0.510. The molecule has 0 atom stereocenters. The van der Waals surface area contributed by atoms with Crippen LogP contribution in [0.2, 0.25) is 0 Å². The van der Waals surface area contributed by atoms with Gasteiger partial charge < -0.3 is 10.5 Å². The summed E-state index contributed by atoms with van der Waals surface area (Å²) in [5.41, 5.74) is 5.07. The van der Waals surface area contributed by atoms with E-state index in [1.165, 1.54) is 11.8 Å². The third-order valence-electron chi connectivity index (χ3n) is 0.931. The van der Waals surface area contributed by atoms with E-state index in [0.717, 1.165) is 12.2 Å². The van der Waals surface area contributed by atoms with Crippen molar-refractivity contribution in [3.05, 3.63) is 0 Å². The number of nitrogens with two attached hydrogens (primary N) is 1. The zero-order valence-electron chi connectivity index (χ0n) is 6.02. The van der Waals surface area contributed by atoms with Crippen molar-refractivity contribution in [2.24, 2.45) is 5.73 Å². The van der Waals surface area contributed by atoms with Gasteiger partial charge in [0.25, 0.3) is 0 Å². The number of thioether (sulfide) groups is 1. The molecule has 0 fully saturated rings. The molecule has 10 heavy (non-hydrogen) atoms. The maximum atomic E-state index is 10.4. The van der Waals surface area contributed by atoms with Crippen molar-refractivity contribution >= 4 is 22.7 Å². The topological polar surface area (TPSA) is 66.9 Å². The molecule has 0 aliphatic heterocycles. The Morgan fingerprint density at radius 2 is 2.30 bits per heavy atom. The number of rotatable bonds is 4. The molecule has 0 aromatic heterocycles. The van der Waals surface area contributed by atoms with Crippen LogP contribution in [0.5, 0.6) is 0 Å². The lowest BCUT2D eigenvalue weighted by atomic mass is 10.3. The van der Waals surface area contributed by atoms with Crippen molar-refractivity contribution in [3.8, 4) is 0 Å². The largest absolute Gasteiger partial charge is 0.379 e. The van der Waals surface area contributed by atoms with Crippen LogP contribution in [0, 0.1) is 5.41 Å². The van der Waals surface area contributed by atoms with Gasteiger partial charge in [-0.1, -0.05) is 11.8 Å². The van der Waals surface area contributed by atoms with Crippen molar-refractivity contribution in [2.75, 3.05) is 5.75 Å². The van der Waals surface area contributed by atoms with Crippen molar-refractivity contribution in [3.63, 3.8) is 0 Å². The Balaban J connectivity index is 3.06. The quantitative estimate of drug-likeness (QED) is 0.366. The molecule has 0 unspecified atom stereocenters. The van der Waals surface area contributed by atoms with Crippen LogP contribution in [0.15, 0.2) is 0 Å². The van der Waals surface area contributed by atoms with Gasteiger partial charge in [0.2, 0.25) is 0 Å². The summed E-state index contributed by atoms with van der Waals surface area (Å²) in [4.78, 5) is 10.4. The van der Waals surface area contributed by atoms with Crippen molar-refractivity contribution in [2.45, 2.75) is 19.8 Å². The smallest absolute Gasteiger partial charge is 0.151 e. The maximum absolute atomic E-state index is 10.4. The Labute approximate surface area is 64.9 Å². The summed E-state index contributed by atoms with van der Waals surface area (Å²) in [6.45, 7) is 1.57. The average Bonchev–Trinajstić information content (AvgIpc) is 1.79. The molecule has 0 amide bonds. The van der Waals surface area contributed by atoms with Crippen LogP contribution in [0.3, 0.4) is 0 Å². The minimum Gasteiger partial charge on any atom is -0.379 e. The van der Waals surface area contributed by atoms with Gasteiger partial charge in [-0.05, 0) is 13.3 Å². The first-order valence-electron chi connectivity index (χ1n) is 3.09. The molecular formula is C6H12N2OS. The van der Waals surface area contributed by atoms with E-state index in [0.29, 0.717) is 6.42 Å². The van der Waals surface area contributed by atoms with Crippen molar-refractivity contribution in [1.29, 1.82) is 5.41 Å². The fraction of sp³-hybridized carbons (Fsp3) is 0.667. The number of ketones is 1. The van der Waals surface area contributed by atoms with Gasteiger partial charge >= 0.3 is 0 Å². The van der Waals surface area contributed by atoms with E-state index in [1.807, 2.05) is 0 Å². The highest BCUT2D eigenvalue weighted by Crippen LogP contribution is 2.02. The molecule has 0 heterocycles. The number of carbonyl (C=O) groups is 1. The molecule has 3 N–H and O–H groups in total. The van der Waals surface area contributed by atoms with Gasteiger partial charge in [-0.2, -0.15) is 0 Å². The lowest BCUT2D eigenvalue weighted by Crippen LogP contribution is -2.04. The molecular weight excluding hydrogens is 148 g/mol. The molecule has 0 saturated carbocycles. The van der Waals surface area contributed by atoms with Crippen LogP contribution in [-0.4, -0.2) is 16.7 Å². The standard InChI is InChI=1S/C6H12N2OS/c1-5(9)3-2-4-10-6(7)8/h2-4H2,1H3,(H3,7,8). The SMILES string of the molecule is CC(=O)CCCSC(=N)N. The molecule has 0 saturated heterocycles. The van der Waals surface area contributed by atoms with Gasteiger partial charge in [0.05, 0.1) is 0 Å². The monoisotopic (exact) mass is 160 g/mol. The summed E-state index contributed by atoms with van der Waals surface area (Å²) in [5.74, 6) is 0.971. The highest BCUT2D eigenvalue weighted by molar-refractivity contribution is 8.13. The van der Waals surface area contributed by atoms with E-state index in [9.17, 15) is 4.79 Å². The van der Waals surface area contributed by atoms with Gasteiger partial charge in [0.1, 0.15) is 5.78 Å². The number of amidine groups is 1. The zero-order valence-corrected chi connectivity index (χ0v) is 6.83.